The van der Waals surface area contributed by atoms with E-state index >= 15 is 0 Å². The van der Waals surface area contributed by atoms with Crippen molar-refractivity contribution >= 4 is 17.3 Å². The highest BCUT2D eigenvalue weighted by molar-refractivity contribution is 6.02. The van der Waals surface area contributed by atoms with E-state index < -0.39 is 5.92 Å². The van der Waals surface area contributed by atoms with Crippen molar-refractivity contribution in [1.29, 1.82) is 0 Å². The summed E-state index contributed by atoms with van der Waals surface area (Å²) in [6.45, 7) is 4.55. The molecule has 0 aromatic carbocycles. The Morgan fingerprint density at radius 2 is 0.909 bits per heavy atom. The van der Waals surface area contributed by atoms with Gasteiger partial charge in [-0.2, -0.15) is 0 Å². The maximum absolute atomic E-state index is 13.3. The fraction of sp³-hybridized carbons (Fsp3) is 0.825. The second-order valence-electron chi connectivity index (χ2n) is 13.6. The Kier molecular flexibility index (Phi) is 27.5. The summed E-state index contributed by atoms with van der Waals surface area (Å²) >= 11 is 0. The van der Waals surface area contributed by atoms with Gasteiger partial charge < -0.3 is 5.73 Å². The number of aromatic nitrogens is 1. The number of ketones is 2. The number of aryl methyl sites for hydroxylation is 1. The zero-order valence-electron chi connectivity index (χ0n) is 29.4. The quantitative estimate of drug-likeness (QED) is 0.0633. The number of pyridine rings is 1. The lowest BCUT2D eigenvalue weighted by Crippen LogP contribution is -2.25. The zero-order valence-corrected chi connectivity index (χ0v) is 29.4. The lowest BCUT2D eigenvalue weighted by Gasteiger charge is -2.16. The van der Waals surface area contributed by atoms with Gasteiger partial charge in [0.15, 0.2) is 0 Å². The summed E-state index contributed by atoms with van der Waals surface area (Å²) in [5.74, 6) is -0.185. The van der Waals surface area contributed by atoms with Crippen LogP contribution in [0, 0.1) is 5.92 Å². The number of rotatable bonds is 33. The van der Waals surface area contributed by atoms with E-state index in [1.165, 1.54) is 141 Å². The molecule has 0 radical (unpaired) electrons. The SMILES string of the molecule is CCCCCCCCCCCCCCCC(=O)C(CCc1cnccc1N)C(=O)CCCCCCCCCCCCCCC. The van der Waals surface area contributed by atoms with Gasteiger partial charge in [-0.3, -0.25) is 14.6 Å². The Hall–Kier alpha value is -1.71. The van der Waals surface area contributed by atoms with Crippen LogP contribution in [0.15, 0.2) is 18.5 Å². The van der Waals surface area contributed by atoms with E-state index in [4.69, 9.17) is 5.73 Å². The molecule has 4 heteroatoms. The topological polar surface area (TPSA) is 73.1 Å². The number of nitrogen functional groups attached to an aromatic ring is 1. The molecule has 1 rings (SSSR count). The third-order valence-electron chi connectivity index (χ3n) is 9.47. The Morgan fingerprint density at radius 3 is 1.25 bits per heavy atom. The minimum absolute atomic E-state index is 0.148. The fourth-order valence-electron chi connectivity index (χ4n) is 6.43. The molecule has 0 unspecified atom stereocenters. The molecule has 1 aromatic heterocycles. The number of Topliss-reactive ketones (excluding diaryl/α,β-unsaturated/α-hetero) is 2. The number of carbonyl (C=O) groups excluding carboxylic acids is 2. The minimum atomic E-state index is -0.482. The molecular formula is C40H72N2O2. The molecule has 0 atom stereocenters. The summed E-state index contributed by atoms with van der Waals surface area (Å²) in [6.07, 6.45) is 39.4. The van der Waals surface area contributed by atoms with E-state index in [0.717, 1.165) is 31.2 Å². The van der Waals surface area contributed by atoms with Crippen LogP contribution in [-0.4, -0.2) is 16.6 Å². The van der Waals surface area contributed by atoms with Crippen molar-refractivity contribution in [2.24, 2.45) is 5.92 Å². The van der Waals surface area contributed by atoms with E-state index in [2.05, 4.69) is 18.8 Å². The summed E-state index contributed by atoms with van der Waals surface area (Å²) in [5, 5.41) is 0. The van der Waals surface area contributed by atoms with Crippen LogP contribution in [0.2, 0.25) is 0 Å². The number of nitrogens with zero attached hydrogens (tertiary/aromatic N) is 1. The van der Waals surface area contributed by atoms with Gasteiger partial charge >= 0.3 is 0 Å². The van der Waals surface area contributed by atoms with Gasteiger partial charge in [0.05, 0.1) is 5.92 Å². The van der Waals surface area contributed by atoms with E-state index in [0.29, 0.717) is 31.4 Å². The minimum Gasteiger partial charge on any atom is -0.398 e. The first-order chi connectivity index (χ1) is 21.6. The van der Waals surface area contributed by atoms with Gasteiger partial charge in [-0.1, -0.05) is 168 Å². The second kappa shape index (κ2) is 30.0. The van der Waals surface area contributed by atoms with Crippen molar-refractivity contribution in [1.82, 2.24) is 4.98 Å². The molecule has 0 spiro atoms. The van der Waals surface area contributed by atoms with Gasteiger partial charge in [0.25, 0.3) is 0 Å². The Labute approximate surface area is 273 Å². The zero-order chi connectivity index (χ0) is 31.9. The van der Waals surface area contributed by atoms with Crippen molar-refractivity contribution in [2.75, 3.05) is 5.73 Å². The first kappa shape index (κ1) is 40.3. The number of nitrogens with two attached hydrogens (primary N) is 1. The third kappa shape index (κ3) is 22.7. The number of carbonyl (C=O) groups is 2. The van der Waals surface area contributed by atoms with Crippen LogP contribution < -0.4 is 5.73 Å². The van der Waals surface area contributed by atoms with Crippen LogP contribution in [0.25, 0.3) is 0 Å². The normalized spacial score (nSPS) is 11.4. The second-order valence-corrected chi connectivity index (χ2v) is 13.6. The molecule has 0 bridgehead atoms. The van der Waals surface area contributed by atoms with Crippen LogP contribution in [0.3, 0.4) is 0 Å². The van der Waals surface area contributed by atoms with Crippen molar-refractivity contribution < 1.29 is 9.59 Å². The highest BCUT2D eigenvalue weighted by Gasteiger charge is 2.25. The van der Waals surface area contributed by atoms with Gasteiger partial charge in [0, 0.05) is 30.9 Å². The highest BCUT2D eigenvalue weighted by atomic mass is 16.1. The lowest BCUT2D eigenvalue weighted by atomic mass is 9.87. The smallest absolute Gasteiger partial charge is 0.143 e. The molecule has 254 valence electrons. The maximum atomic E-state index is 13.3. The van der Waals surface area contributed by atoms with Crippen molar-refractivity contribution in [3.05, 3.63) is 24.0 Å². The summed E-state index contributed by atoms with van der Waals surface area (Å²) in [7, 11) is 0. The van der Waals surface area contributed by atoms with Crippen LogP contribution in [0.4, 0.5) is 5.69 Å². The van der Waals surface area contributed by atoms with Gasteiger partial charge in [-0.15, -0.1) is 0 Å². The number of unbranched alkanes of at least 4 members (excludes halogenated alkanes) is 24. The predicted molar refractivity (Wildman–Crippen MR) is 191 cm³/mol. The summed E-state index contributed by atoms with van der Waals surface area (Å²) in [6, 6.07) is 1.80. The summed E-state index contributed by atoms with van der Waals surface area (Å²) in [4.78, 5) is 30.7. The predicted octanol–water partition coefficient (Wildman–Crippen LogP) is 12.3. The van der Waals surface area contributed by atoms with Crippen LogP contribution in [0.5, 0.6) is 0 Å². The third-order valence-corrected chi connectivity index (χ3v) is 9.47. The molecule has 0 fully saturated rings. The lowest BCUT2D eigenvalue weighted by molar-refractivity contribution is -0.133. The van der Waals surface area contributed by atoms with Crippen molar-refractivity contribution in [3.63, 3.8) is 0 Å². The molecule has 0 amide bonds. The van der Waals surface area contributed by atoms with Crippen LogP contribution in [-0.2, 0) is 16.0 Å². The summed E-state index contributed by atoms with van der Waals surface area (Å²) < 4.78 is 0. The van der Waals surface area contributed by atoms with E-state index in [1.807, 2.05) is 0 Å². The molecule has 0 saturated carbocycles. The van der Waals surface area contributed by atoms with Gasteiger partial charge in [0.1, 0.15) is 11.6 Å². The van der Waals surface area contributed by atoms with Crippen LogP contribution >= 0.6 is 0 Å². The first-order valence-corrected chi connectivity index (χ1v) is 19.3. The summed E-state index contributed by atoms with van der Waals surface area (Å²) in [5.41, 5.74) is 7.77. The average molecular weight is 613 g/mol. The van der Waals surface area contributed by atoms with E-state index in [1.54, 1.807) is 18.5 Å². The van der Waals surface area contributed by atoms with E-state index in [-0.39, 0.29) is 11.6 Å². The monoisotopic (exact) mass is 613 g/mol. The molecule has 2 N–H and O–H groups in total. The number of hydrogen-bond donors (Lipinski definition) is 1. The largest absolute Gasteiger partial charge is 0.398 e. The Bertz CT molecular complexity index is 766. The highest BCUT2D eigenvalue weighted by Crippen LogP contribution is 2.22. The van der Waals surface area contributed by atoms with Gasteiger partial charge in [0.2, 0.25) is 0 Å². The Morgan fingerprint density at radius 1 is 0.568 bits per heavy atom. The molecule has 4 nitrogen and oxygen atoms in total. The van der Waals surface area contributed by atoms with Crippen molar-refractivity contribution in [3.8, 4) is 0 Å². The first-order valence-electron chi connectivity index (χ1n) is 19.3. The molecule has 1 heterocycles. The maximum Gasteiger partial charge on any atom is 0.143 e. The molecule has 44 heavy (non-hydrogen) atoms. The van der Waals surface area contributed by atoms with E-state index in [9.17, 15) is 9.59 Å². The molecule has 0 aliphatic carbocycles. The molecule has 0 aliphatic heterocycles. The van der Waals surface area contributed by atoms with Crippen molar-refractivity contribution in [2.45, 2.75) is 206 Å². The molecular weight excluding hydrogens is 540 g/mol. The number of anilines is 1. The van der Waals surface area contributed by atoms with Gasteiger partial charge in [-0.05, 0) is 37.3 Å². The standard InChI is InChI=1S/C40H72N2O2/c1-3-5-7-9-11-13-15-17-19-21-23-25-27-29-39(43)37(32-31-36-35-42-34-33-38(36)41)40(44)30-28-26-24-22-20-18-16-14-12-10-8-6-4-2/h33-35,37H,3-32H2,1-2H3,(H2,41,42). The molecule has 0 aliphatic rings. The Balaban J connectivity index is 2.26. The average Bonchev–Trinajstić information content (AvgIpc) is 3.02. The molecule has 1 aromatic rings. The number of hydrogen-bond acceptors (Lipinski definition) is 4. The van der Waals surface area contributed by atoms with Crippen LogP contribution in [0.1, 0.15) is 206 Å². The molecule has 0 saturated heterocycles. The van der Waals surface area contributed by atoms with Gasteiger partial charge in [-0.25, -0.2) is 0 Å². The fourth-order valence-corrected chi connectivity index (χ4v) is 6.43.